The number of ether oxygens (including phenoxy) is 1. The molecule has 2 nitrogen and oxygen atoms in total. The first-order chi connectivity index (χ1) is 8.26. The van der Waals surface area contributed by atoms with Gasteiger partial charge in [0.15, 0.2) is 5.78 Å². The van der Waals surface area contributed by atoms with Gasteiger partial charge in [0.1, 0.15) is 0 Å². The molecule has 17 heavy (non-hydrogen) atoms. The fraction of sp³-hybridized carbons (Fsp3) is 0.533. The molecule has 0 aliphatic heterocycles. The Labute approximate surface area is 102 Å². The highest BCUT2D eigenvalue weighted by atomic mass is 16.5. The molecule has 0 aromatic rings. The Balaban J connectivity index is 1.74. The van der Waals surface area contributed by atoms with Crippen molar-refractivity contribution in [2.45, 2.75) is 31.8 Å². The SMILES string of the molecule is COC1CC=C(C(=O)C23C=CC=CC2C3)CC1. The second-order valence-corrected chi connectivity index (χ2v) is 5.29. The number of rotatable bonds is 3. The highest BCUT2D eigenvalue weighted by Crippen LogP contribution is 2.58. The van der Waals surface area contributed by atoms with Gasteiger partial charge in [-0.15, -0.1) is 0 Å². The van der Waals surface area contributed by atoms with Gasteiger partial charge in [0.2, 0.25) is 0 Å². The Morgan fingerprint density at radius 2 is 2.35 bits per heavy atom. The molecular weight excluding hydrogens is 212 g/mol. The van der Waals surface area contributed by atoms with Crippen molar-refractivity contribution in [1.29, 1.82) is 0 Å². The lowest BCUT2D eigenvalue weighted by atomic mass is 9.84. The quantitative estimate of drug-likeness (QED) is 0.745. The van der Waals surface area contributed by atoms with Gasteiger partial charge in [-0.25, -0.2) is 0 Å². The van der Waals surface area contributed by atoms with Gasteiger partial charge in [-0.1, -0.05) is 30.4 Å². The van der Waals surface area contributed by atoms with Crippen LogP contribution in [0.25, 0.3) is 0 Å². The number of carbonyl (C=O) groups excluding carboxylic acids is 1. The molecule has 3 atom stereocenters. The maximum absolute atomic E-state index is 12.5. The fourth-order valence-electron chi connectivity index (χ4n) is 3.03. The molecule has 3 rings (SSSR count). The van der Waals surface area contributed by atoms with Crippen molar-refractivity contribution >= 4 is 5.78 Å². The Bertz CT molecular complexity index is 430. The van der Waals surface area contributed by atoms with E-state index < -0.39 is 0 Å². The lowest BCUT2D eigenvalue weighted by Crippen LogP contribution is -2.23. The summed E-state index contributed by atoms with van der Waals surface area (Å²) < 4.78 is 5.32. The van der Waals surface area contributed by atoms with Crippen LogP contribution in [0.1, 0.15) is 25.7 Å². The molecule has 2 heteroatoms. The Kier molecular flexibility index (Phi) is 2.55. The van der Waals surface area contributed by atoms with Gasteiger partial charge in [-0.3, -0.25) is 4.79 Å². The number of hydrogen-bond acceptors (Lipinski definition) is 2. The van der Waals surface area contributed by atoms with E-state index in [4.69, 9.17) is 4.74 Å². The molecule has 0 aromatic carbocycles. The molecule has 0 amide bonds. The number of fused-ring (bicyclic) bond motifs is 1. The van der Waals surface area contributed by atoms with E-state index in [1.54, 1.807) is 7.11 Å². The number of carbonyl (C=O) groups is 1. The van der Waals surface area contributed by atoms with E-state index in [-0.39, 0.29) is 5.41 Å². The molecule has 3 aliphatic rings. The van der Waals surface area contributed by atoms with Crippen LogP contribution in [0.2, 0.25) is 0 Å². The number of Topliss-reactive ketones (excluding diaryl/α,β-unsaturated/α-hetero) is 1. The summed E-state index contributed by atoms with van der Waals surface area (Å²) in [5.74, 6) is 0.818. The van der Waals surface area contributed by atoms with Gasteiger partial charge in [-0.05, 0) is 37.2 Å². The highest BCUT2D eigenvalue weighted by Gasteiger charge is 2.57. The van der Waals surface area contributed by atoms with Crippen LogP contribution in [0, 0.1) is 11.3 Å². The Morgan fingerprint density at radius 3 is 3.00 bits per heavy atom. The lowest BCUT2D eigenvalue weighted by molar-refractivity contribution is -0.119. The zero-order valence-corrected chi connectivity index (χ0v) is 10.2. The number of hydrogen-bond donors (Lipinski definition) is 0. The van der Waals surface area contributed by atoms with Crippen LogP contribution in [0.4, 0.5) is 0 Å². The molecule has 0 saturated heterocycles. The summed E-state index contributed by atoms with van der Waals surface area (Å²) >= 11 is 0. The van der Waals surface area contributed by atoms with E-state index in [9.17, 15) is 4.79 Å². The third-order valence-corrected chi connectivity index (χ3v) is 4.32. The van der Waals surface area contributed by atoms with E-state index in [1.807, 2.05) is 6.08 Å². The van der Waals surface area contributed by atoms with Crippen LogP contribution in [0.15, 0.2) is 36.0 Å². The van der Waals surface area contributed by atoms with Gasteiger partial charge >= 0.3 is 0 Å². The first kappa shape index (κ1) is 11.0. The monoisotopic (exact) mass is 230 g/mol. The molecule has 0 radical (unpaired) electrons. The number of ketones is 1. The van der Waals surface area contributed by atoms with Crippen molar-refractivity contribution in [3.8, 4) is 0 Å². The largest absolute Gasteiger partial charge is 0.381 e. The molecule has 0 N–H and O–H groups in total. The molecule has 1 saturated carbocycles. The van der Waals surface area contributed by atoms with Crippen LogP contribution in [0.3, 0.4) is 0 Å². The van der Waals surface area contributed by atoms with Gasteiger partial charge in [-0.2, -0.15) is 0 Å². The molecular formula is C15H18O2. The fourth-order valence-corrected chi connectivity index (χ4v) is 3.03. The van der Waals surface area contributed by atoms with Gasteiger partial charge in [0.25, 0.3) is 0 Å². The Hall–Kier alpha value is -1.15. The van der Waals surface area contributed by atoms with Crippen molar-refractivity contribution in [3.05, 3.63) is 36.0 Å². The van der Waals surface area contributed by atoms with Crippen molar-refractivity contribution in [3.63, 3.8) is 0 Å². The summed E-state index contributed by atoms with van der Waals surface area (Å²) in [5, 5.41) is 0. The molecule has 3 aliphatic carbocycles. The first-order valence-electron chi connectivity index (χ1n) is 6.39. The second-order valence-electron chi connectivity index (χ2n) is 5.29. The lowest BCUT2D eigenvalue weighted by Gasteiger charge is -2.22. The summed E-state index contributed by atoms with van der Waals surface area (Å²) in [7, 11) is 1.75. The molecule has 0 bridgehead atoms. The average Bonchev–Trinajstić information content (AvgIpc) is 3.14. The van der Waals surface area contributed by atoms with Crippen molar-refractivity contribution in [2.75, 3.05) is 7.11 Å². The van der Waals surface area contributed by atoms with Crippen LogP contribution in [-0.4, -0.2) is 19.0 Å². The maximum atomic E-state index is 12.5. The zero-order valence-electron chi connectivity index (χ0n) is 10.2. The summed E-state index contributed by atoms with van der Waals surface area (Å²) in [6.45, 7) is 0. The Morgan fingerprint density at radius 1 is 1.47 bits per heavy atom. The minimum Gasteiger partial charge on any atom is -0.381 e. The van der Waals surface area contributed by atoms with E-state index in [0.717, 1.165) is 31.3 Å². The smallest absolute Gasteiger partial charge is 0.169 e. The van der Waals surface area contributed by atoms with Crippen LogP contribution in [-0.2, 0) is 9.53 Å². The van der Waals surface area contributed by atoms with E-state index in [0.29, 0.717) is 17.8 Å². The minimum absolute atomic E-state index is 0.166. The maximum Gasteiger partial charge on any atom is 0.169 e. The second kappa shape index (κ2) is 3.95. The molecule has 90 valence electrons. The summed E-state index contributed by atoms with van der Waals surface area (Å²) in [4.78, 5) is 12.5. The van der Waals surface area contributed by atoms with Crippen LogP contribution < -0.4 is 0 Å². The average molecular weight is 230 g/mol. The molecule has 0 aromatic heterocycles. The topological polar surface area (TPSA) is 26.3 Å². The van der Waals surface area contributed by atoms with Crippen LogP contribution in [0.5, 0.6) is 0 Å². The van der Waals surface area contributed by atoms with E-state index in [2.05, 4.69) is 24.3 Å². The van der Waals surface area contributed by atoms with Gasteiger partial charge < -0.3 is 4.74 Å². The molecule has 3 unspecified atom stereocenters. The normalized spacial score (nSPS) is 38.5. The van der Waals surface area contributed by atoms with Crippen LogP contribution >= 0.6 is 0 Å². The third-order valence-electron chi connectivity index (χ3n) is 4.32. The highest BCUT2D eigenvalue weighted by molar-refractivity contribution is 6.04. The van der Waals surface area contributed by atoms with Crippen molar-refractivity contribution in [2.24, 2.45) is 11.3 Å². The predicted molar refractivity (Wildman–Crippen MR) is 66.6 cm³/mol. The molecule has 1 fully saturated rings. The van der Waals surface area contributed by atoms with E-state index >= 15 is 0 Å². The van der Waals surface area contributed by atoms with Crippen molar-refractivity contribution < 1.29 is 9.53 Å². The number of methoxy groups -OCH3 is 1. The standard InChI is InChI=1S/C15H18O2/c1-17-13-7-5-11(6-8-13)14(16)15-9-3-2-4-12(15)10-15/h2-5,9,12-13H,6-8,10H2,1H3. The molecule has 0 spiro atoms. The van der Waals surface area contributed by atoms with Gasteiger partial charge in [0.05, 0.1) is 11.5 Å². The zero-order chi connectivity index (χ0) is 11.9. The predicted octanol–water partition coefficient (Wildman–Crippen LogP) is 2.81. The summed E-state index contributed by atoms with van der Waals surface area (Å²) in [6, 6.07) is 0. The van der Waals surface area contributed by atoms with Crippen molar-refractivity contribution in [1.82, 2.24) is 0 Å². The first-order valence-corrected chi connectivity index (χ1v) is 6.39. The van der Waals surface area contributed by atoms with E-state index in [1.165, 1.54) is 0 Å². The summed E-state index contributed by atoms with van der Waals surface area (Å²) in [5.41, 5.74) is 0.862. The minimum atomic E-state index is -0.166. The summed E-state index contributed by atoms with van der Waals surface area (Å²) in [6.07, 6.45) is 14.5. The third kappa shape index (κ3) is 1.71. The number of allylic oxidation sites excluding steroid dienone is 5. The molecule has 0 heterocycles. The van der Waals surface area contributed by atoms with Gasteiger partial charge in [0, 0.05) is 7.11 Å².